The summed E-state index contributed by atoms with van der Waals surface area (Å²) in [5.41, 5.74) is 1.72. The Morgan fingerprint density at radius 1 is 1.29 bits per heavy atom. The average molecular weight is 353 g/mol. The molecule has 2 rings (SSSR count). The van der Waals surface area contributed by atoms with E-state index in [-0.39, 0.29) is 12.3 Å². The van der Waals surface area contributed by atoms with Crippen molar-refractivity contribution >= 4 is 33.6 Å². The zero-order valence-corrected chi connectivity index (χ0v) is 12.7. The summed E-state index contributed by atoms with van der Waals surface area (Å²) < 4.78 is 5.93. The number of carbonyl (C=O) groups is 2. The maximum Gasteiger partial charge on any atom is 0.371 e. The fourth-order valence-corrected chi connectivity index (χ4v) is 1.98. The Labute approximate surface area is 129 Å². The minimum Gasteiger partial charge on any atom is -0.475 e. The van der Waals surface area contributed by atoms with Crippen molar-refractivity contribution in [3.05, 3.63) is 51.9 Å². The number of carboxylic acid groups (broad SMARTS) is 1. The molecule has 7 heteroatoms. The first kappa shape index (κ1) is 15.1. The van der Waals surface area contributed by atoms with Gasteiger partial charge in [-0.15, -0.1) is 0 Å². The molecule has 0 bridgehead atoms. The highest BCUT2D eigenvalue weighted by Crippen LogP contribution is 2.20. The van der Waals surface area contributed by atoms with Crippen LogP contribution in [0.2, 0.25) is 0 Å². The number of amides is 2. The van der Waals surface area contributed by atoms with E-state index < -0.39 is 12.0 Å². The predicted molar refractivity (Wildman–Crippen MR) is 80.4 cm³/mol. The molecule has 0 unspecified atom stereocenters. The van der Waals surface area contributed by atoms with Crippen molar-refractivity contribution in [2.45, 2.75) is 13.5 Å². The van der Waals surface area contributed by atoms with E-state index in [4.69, 9.17) is 9.52 Å². The number of nitrogens with one attached hydrogen (secondary N) is 2. The largest absolute Gasteiger partial charge is 0.475 e. The number of anilines is 1. The quantitative estimate of drug-likeness (QED) is 0.786. The summed E-state index contributed by atoms with van der Waals surface area (Å²) >= 11 is 3.39. The molecule has 0 aliphatic rings. The van der Waals surface area contributed by atoms with Crippen molar-refractivity contribution in [2.24, 2.45) is 0 Å². The first-order valence-corrected chi connectivity index (χ1v) is 6.88. The molecule has 0 saturated carbocycles. The zero-order valence-electron chi connectivity index (χ0n) is 11.1. The second-order valence-electron chi connectivity index (χ2n) is 4.34. The van der Waals surface area contributed by atoms with E-state index in [0.29, 0.717) is 11.4 Å². The fourth-order valence-electron chi connectivity index (χ4n) is 1.60. The van der Waals surface area contributed by atoms with Gasteiger partial charge in [-0.25, -0.2) is 9.59 Å². The molecular formula is C14H13BrN2O4. The number of urea groups is 1. The minimum absolute atomic E-state index is 0.103. The number of carbonyl (C=O) groups excluding carboxylic acids is 1. The normalized spacial score (nSPS) is 10.2. The van der Waals surface area contributed by atoms with Crippen LogP contribution in [0, 0.1) is 6.92 Å². The van der Waals surface area contributed by atoms with E-state index in [1.807, 2.05) is 13.0 Å². The highest BCUT2D eigenvalue weighted by molar-refractivity contribution is 9.10. The van der Waals surface area contributed by atoms with Gasteiger partial charge in [0.25, 0.3) is 0 Å². The Kier molecular flexibility index (Phi) is 4.64. The molecular weight excluding hydrogens is 340 g/mol. The van der Waals surface area contributed by atoms with Gasteiger partial charge in [0.15, 0.2) is 0 Å². The fraction of sp³-hybridized carbons (Fsp3) is 0.143. The Hall–Kier alpha value is -2.28. The van der Waals surface area contributed by atoms with E-state index in [2.05, 4.69) is 26.6 Å². The molecule has 0 radical (unpaired) electrons. The number of hydrogen-bond donors (Lipinski definition) is 3. The lowest BCUT2D eigenvalue weighted by molar-refractivity contribution is 0.0660. The number of aryl methyl sites for hydroxylation is 1. The highest BCUT2D eigenvalue weighted by atomic mass is 79.9. The molecule has 21 heavy (non-hydrogen) atoms. The van der Waals surface area contributed by atoms with Gasteiger partial charge in [-0.3, -0.25) is 0 Å². The van der Waals surface area contributed by atoms with Crippen LogP contribution in [0.25, 0.3) is 0 Å². The van der Waals surface area contributed by atoms with Gasteiger partial charge in [0, 0.05) is 10.2 Å². The minimum atomic E-state index is -1.14. The maximum atomic E-state index is 11.7. The SMILES string of the molecule is Cc1ccc(NC(=O)NCc2ccc(C(=O)O)o2)cc1Br. The molecule has 0 fully saturated rings. The number of aromatic carboxylic acids is 1. The first-order chi connectivity index (χ1) is 9.95. The third-order valence-electron chi connectivity index (χ3n) is 2.73. The molecule has 3 N–H and O–H groups in total. The zero-order chi connectivity index (χ0) is 15.4. The third-order valence-corrected chi connectivity index (χ3v) is 3.58. The summed E-state index contributed by atoms with van der Waals surface area (Å²) in [6, 6.07) is 7.91. The average Bonchev–Trinajstić information content (AvgIpc) is 2.90. The van der Waals surface area contributed by atoms with Gasteiger partial charge in [0.05, 0.1) is 6.54 Å². The number of halogens is 1. The topological polar surface area (TPSA) is 91.6 Å². The molecule has 0 saturated heterocycles. The molecule has 1 heterocycles. The Balaban J connectivity index is 1.89. The van der Waals surface area contributed by atoms with Gasteiger partial charge in [-0.05, 0) is 36.8 Å². The van der Waals surface area contributed by atoms with E-state index in [0.717, 1.165) is 10.0 Å². The monoisotopic (exact) mass is 352 g/mol. The number of carboxylic acids is 1. The Bertz CT molecular complexity index is 681. The van der Waals surface area contributed by atoms with Crippen LogP contribution in [0.3, 0.4) is 0 Å². The lowest BCUT2D eigenvalue weighted by atomic mass is 10.2. The van der Waals surface area contributed by atoms with Crippen LogP contribution in [0.5, 0.6) is 0 Å². The van der Waals surface area contributed by atoms with Gasteiger partial charge in [-0.2, -0.15) is 0 Å². The summed E-state index contributed by atoms with van der Waals surface area (Å²) in [5.74, 6) is -0.933. The maximum absolute atomic E-state index is 11.7. The van der Waals surface area contributed by atoms with Crippen molar-refractivity contribution < 1.29 is 19.1 Å². The second-order valence-corrected chi connectivity index (χ2v) is 5.20. The van der Waals surface area contributed by atoms with Crippen LogP contribution in [0.4, 0.5) is 10.5 Å². The van der Waals surface area contributed by atoms with E-state index >= 15 is 0 Å². The summed E-state index contributed by atoms with van der Waals surface area (Å²) in [5, 5.41) is 14.0. The number of hydrogen-bond acceptors (Lipinski definition) is 3. The predicted octanol–water partition coefficient (Wildman–Crippen LogP) is 3.37. The van der Waals surface area contributed by atoms with Gasteiger partial charge in [0.2, 0.25) is 5.76 Å². The lowest BCUT2D eigenvalue weighted by Crippen LogP contribution is -2.28. The number of rotatable bonds is 4. The van der Waals surface area contributed by atoms with Crippen molar-refractivity contribution in [1.82, 2.24) is 5.32 Å². The molecule has 0 atom stereocenters. The van der Waals surface area contributed by atoms with Crippen LogP contribution < -0.4 is 10.6 Å². The van der Waals surface area contributed by atoms with Crippen LogP contribution in [-0.2, 0) is 6.54 Å². The standard InChI is InChI=1S/C14H13BrN2O4/c1-8-2-3-9(6-11(8)15)17-14(20)16-7-10-4-5-12(21-10)13(18)19/h2-6H,7H2,1H3,(H,18,19)(H2,16,17,20). The van der Waals surface area contributed by atoms with Gasteiger partial charge in [-0.1, -0.05) is 22.0 Å². The van der Waals surface area contributed by atoms with Crippen LogP contribution in [0.1, 0.15) is 21.9 Å². The Morgan fingerprint density at radius 3 is 2.67 bits per heavy atom. The third kappa shape index (κ3) is 4.09. The van der Waals surface area contributed by atoms with Crippen LogP contribution in [0.15, 0.2) is 39.2 Å². The van der Waals surface area contributed by atoms with E-state index in [9.17, 15) is 9.59 Å². The molecule has 1 aromatic carbocycles. The molecule has 0 aliphatic carbocycles. The van der Waals surface area contributed by atoms with Gasteiger partial charge < -0.3 is 20.2 Å². The molecule has 0 spiro atoms. The molecule has 0 aliphatic heterocycles. The number of furan rings is 1. The summed E-state index contributed by atoms with van der Waals surface area (Å²) in [6.07, 6.45) is 0. The van der Waals surface area contributed by atoms with Crippen LogP contribution in [-0.4, -0.2) is 17.1 Å². The summed E-state index contributed by atoms with van der Waals surface area (Å²) in [6.45, 7) is 2.05. The number of benzene rings is 1. The van der Waals surface area contributed by atoms with E-state index in [1.165, 1.54) is 12.1 Å². The van der Waals surface area contributed by atoms with Crippen molar-refractivity contribution in [2.75, 3.05) is 5.32 Å². The Morgan fingerprint density at radius 2 is 2.05 bits per heavy atom. The lowest BCUT2D eigenvalue weighted by Gasteiger charge is -2.07. The second kappa shape index (κ2) is 6.45. The highest BCUT2D eigenvalue weighted by Gasteiger charge is 2.10. The van der Waals surface area contributed by atoms with E-state index in [1.54, 1.807) is 12.1 Å². The smallest absolute Gasteiger partial charge is 0.371 e. The van der Waals surface area contributed by atoms with Gasteiger partial charge in [0.1, 0.15) is 5.76 Å². The summed E-state index contributed by atoms with van der Waals surface area (Å²) in [4.78, 5) is 22.4. The summed E-state index contributed by atoms with van der Waals surface area (Å²) in [7, 11) is 0. The molecule has 6 nitrogen and oxygen atoms in total. The molecule has 2 aromatic rings. The molecule has 2 amide bonds. The first-order valence-electron chi connectivity index (χ1n) is 6.08. The van der Waals surface area contributed by atoms with Crippen LogP contribution >= 0.6 is 15.9 Å². The van der Waals surface area contributed by atoms with Gasteiger partial charge >= 0.3 is 12.0 Å². The molecule has 110 valence electrons. The van der Waals surface area contributed by atoms with Crippen molar-refractivity contribution in [3.63, 3.8) is 0 Å². The van der Waals surface area contributed by atoms with Crippen molar-refractivity contribution in [3.8, 4) is 0 Å². The molecule has 1 aromatic heterocycles. The van der Waals surface area contributed by atoms with Crippen molar-refractivity contribution in [1.29, 1.82) is 0 Å².